The third kappa shape index (κ3) is 2.12. The summed E-state index contributed by atoms with van der Waals surface area (Å²) in [6.07, 6.45) is 0. The topological polar surface area (TPSA) is 56.3 Å². The molecule has 5 heteroatoms. The second-order valence-corrected chi connectivity index (χ2v) is 2.61. The quantitative estimate of drug-likeness (QED) is 0.406. The third-order valence-corrected chi connectivity index (χ3v) is 1.58. The van der Waals surface area contributed by atoms with Gasteiger partial charge in [-0.3, -0.25) is 4.79 Å². The van der Waals surface area contributed by atoms with E-state index in [-0.39, 0.29) is 11.3 Å². The molecular weight excluding hydrogens is 189 g/mol. The van der Waals surface area contributed by atoms with Crippen LogP contribution in [-0.4, -0.2) is 23.8 Å². The fourth-order valence-corrected chi connectivity index (χ4v) is 0.913. The summed E-state index contributed by atoms with van der Waals surface area (Å²) in [6.45, 7) is 1.24. The molecule has 0 aliphatic carbocycles. The molecule has 0 saturated carbocycles. The van der Waals surface area contributed by atoms with E-state index in [4.69, 9.17) is 0 Å². The fourth-order valence-electron chi connectivity index (χ4n) is 0.913. The number of rotatable bonds is 2. The number of hydrogen-bond acceptors (Lipinski definition) is 4. The van der Waals surface area contributed by atoms with Gasteiger partial charge in [-0.05, 0) is 6.07 Å². The number of aromatic nitrogens is 1. The summed E-state index contributed by atoms with van der Waals surface area (Å²) in [5, 5.41) is 0. The maximum atomic E-state index is 12.8. The number of nitrogens with zero attached hydrogens (tertiary/aromatic N) is 1. The molecule has 1 aromatic rings. The van der Waals surface area contributed by atoms with Gasteiger partial charge in [0.2, 0.25) is 5.95 Å². The van der Waals surface area contributed by atoms with Crippen molar-refractivity contribution in [3.8, 4) is 0 Å². The van der Waals surface area contributed by atoms with Gasteiger partial charge in [0.05, 0.1) is 12.7 Å². The Bertz CT molecular complexity index is 390. The monoisotopic (exact) mass is 197 g/mol. The van der Waals surface area contributed by atoms with Gasteiger partial charge in [-0.2, -0.15) is 4.39 Å². The summed E-state index contributed by atoms with van der Waals surface area (Å²) in [6, 6.07) is 2.11. The lowest BCUT2D eigenvalue weighted by Gasteiger charge is -2.00. The van der Waals surface area contributed by atoms with Crippen molar-refractivity contribution in [3.63, 3.8) is 0 Å². The molecular formula is C9H8FNO3. The van der Waals surface area contributed by atoms with Gasteiger partial charge in [-0.1, -0.05) is 0 Å². The zero-order valence-electron chi connectivity index (χ0n) is 7.70. The summed E-state index contributed by atoms with van der Waals surface area (Å²) in [5.41, 5.74) is -0.115. The molecule has 0 aromatic carbocycles. The van der Waals surface area contributed by atoms with Crippen LogP contribution in [0.1, 0.15) is 27.8 Å². The van der Waals surface area contributed by atoms with E-state index in [0.29, 0.717) is 0 Å². The van der Waals surface area contributed by atoms with Crippen LogP contribution in [0.25, 0.3) is 0 Å². The predicted molar refractivity (Wildman–Crippen MR) is 45.5 cm³/mol. The van der Waals surface area contributed by atoms with Crippen molar-refractivity contribution in [2.75, 3.05) is 7.11 Å². The first-order chi connectivity index (χ1) is 6.54. The number of esters is 1. The molecule has 74 valence electrons. The molecule has 0 radical (unpaired) electrons. The Morgan fingerprint density at radius 1 is 1.43 bits per heavy atom. The lowest BCUT2D eigenvalue weighted by atomic mass is 10.2. The summed E-state index contributed by atoms with van der Waals surface area (Å²) < 4.78 is 17.2. The van der Waals surface area contributed by atoms with Crippen molar-refractivity contribution in [1.82, 2.24) is 4.98 Å². The van der Waals surface area contributed by atoms with Crippen LogP contribution in [0.3, 0.4) is 0 Å². The van der Waals surface area contributed by atoms with Gasteiger partial charge in [0, 0.05) is 13.0 Å². The fraction of sp³-hybridized carbons (Fsp3) is 0.222. The van der Waals surface area contributed by atoms with Crippen LogP contribution in [0.2, 0.25) is 0 Å². The summed E-state index contributed by atoms with van der Waals surface area (Å²) >= 11 is 0. The standard InChI is InChI=1S/C9H8FNO3/c1-5(12)7-3-6(9(13)14-2)4-8(10)11-7/h3-4H,1-2H3. The van der Waals surface area contributed by atoms with Gasteiger partial charge >= 0.3 is 5.97 Å². The van der Waals surface area contributed by atoms with Crippen LogP contribution in [0, 0.1) is 5.95 Å². The minimum atomic E-state index is -0.877. The molecule has 0 spiro atoms. The van der Waals surface area contributed by atoms with Crippen molar-refractivity contribution in [2.45, 2.75) is 6.92 Å². The second kappa shape index (κ2) is 3.95. The van der Waals surface area contributed by atoms with Crippen molar-refractivity contribution in [2.24, 2.45) is 0 Å². The predicted octanol–water partition coefficient (Wildman–Crippen LogP) is 1.21. The molecule has 0 amide bonds. The van der Waals surface area contributed by atoms with Crippen molar-refractivity contribution < 1.29 is 18.7 Å². The number of ketones is 1. The molecule has 0 unspecified atom stereocenters. The Labute approximate surface area is 79.7 Å². The molecule has 0 aliphatic heterocycles. The van der Waals surface area contributed by atoms with E-state index in [9.17, 15) is 14.0 Å². The summed E-state index contributed by atoms with van der Waals surface area (Å²) in [7, 11) is 1.17. The molecule has 4 nitrogen and oxygen atoms in total. The highest BCUT2D eigenvalue weighted by Crippen LogP contribution is 2.07. The molecule has 1 aromatic heterocycles. The number of ether oxygens (including phenoxy) is 1. The average Bonchev–Trinajstić information content (AvgIpc) is 2.15. The van der Waals surface area contributed by atoms with Crippen LogP contribution in [0.15, 0.2) is 12.1 Å². The Balaban J connectivity index is 3.20. The van der Waals surface area contributed by atoms with Crippen LogP contribution < -0.4 is 0 Å². The highest BCUT2D eigenvalue weighted by Gasteiger charge is 2.11. The van der Waals surface area contributed by atoms with Crippen LogP contribution in [-0.2, 0) is 4.74 Å². The lowest BCUT2D eigenvalue weighted by molar-refractivity contribution is 0.0600. The first kappa shape index (κ1) is 10.3. The maximum absolute atomic E-state index is 12.8. The number of carbonyl (C=O) groups is 2. The molecule has 0 bridgehead atoms. The van der Waals surface area contributed by atoms with Gasteiger partial charge in [0.25, 0.3) is 0 Å². The SMILES string of the molecule is COC(=O)c1cc(F)nc(C(C)=O)c1. The second-order valence-electron chi connectivity index (χ2n) is 2.61. The molecule has 0 fully saturated rings. The Morgan fingerprint density at radius 2 is 2.07 bits per heavy atom. The van der Waals surface area contributed by atoms with E-state index in [1.807, 2.05) is 0 Å². The Morgan fingerprint density at radius 3 is 2.57 bits per heavy atom. The third-order valence-electron chi connectivity index (χ3n) is 1.58. The molecule has 0 atom stereocenters. The molecule has 1 rings (SSSR count). The van der Waals surface area contributed by atoms with Gasteiger partial charge in [0.15, 0.2) is 5.78 Å². The van der Waals surface area contributed by atoms with E-state index >= 15 is 0 Å². The first-order valence-corrected chi connectivity index (χ1v) is 3.81. The molecule has 14 heavy (non-hydrogen) atoms. The minimum Gasteiger partial charge on any atom is -0.465 e. The van der Waals surface area contributed by atoms with Gasteiger partial charge in [-0.15, -0.1) is 0 Å². The maximum Gasteiger partial charge on any atom is 0.338 e. The van der Waals surface area contributed by atoms with E-state index in [0.717, 1.165) is 6.07 Å². The van der Waals surface area contributed by atoms with Gasteiger partial charge in [-0.25, -0.2) is 9.78 Å². The smallest absolute Gasteiger partial charge is 0.338 e. The number of hydrogen-bond donors (Lipinski definition) is 0. The van der Waals surface area contributed by atoms with Gasteiger partial charge in [0.1, 0.15) is 5.69 Å². The van der Waals surface area contributed by atoms with E-state index in [2.05, 4.69) is 9.72 Å². The summed E-state index contributed by atoms with van der Waals surface area (Å²) in [5.74, 6) is -1.98. The van der Waals surface area contributed by atoms with Crippen LogP contribution in [0.4, 0.5) is 4.39 Å². The Hall–Kier alpha value is -1.78. The zero-order valence-corrected chi connectivity index (χ0v) is 7.70. The van der Waals surface area contributed by atoms with Crippen LogP contribution >= 0.6 is 0 Å². The average molecular weight is 197 g/mol. The van der Waals surface area contributed by atoms with Crippen molar-refractivity contribution in [1.29, 1.82) is 0 Å². The van der Waals surface area contributed by atoms with Gasteiger partial charge < -0.3 is 4.74 Å². The number of halogens is 1. The zero-order chi connectivity index (χ0) is 10.7. The molecule has 0 N–H and O–H groups in total. The molecule has 1 heterocycles. The van der Waals surface area contributed by atoms with E-state index in [1.54, 1.807) is 0 Å². The largest absolute Gasteiger partial charge is 0.465 e. The lowest BCUT2D eigenvalue weighted by Crippen LogP contribution is -2.07. The molecule has 0 saturated heterocycles. The van der Waals surface area contributed by atoms with E-state index in [1.165, 1.54) is 20.1 Å². The Kier molecular flexibility index (Phi) is 2.91. The highest BCUT2D eigenvalue weighted by molar-refractivity contribution is 5.96. The summed E-state index contributed by atoms with van der Waals surface area (Å²) in [4.78, 5) is 25.2. The number of pyridine rings is 1. The van der Waals surface area contributed by atoms with Crippen molar-refractivity contribution >= 4 is 11.8 Å². The number of carbonyl (C=O) groups excluding carboxylic acids is 2. The normalized spacial score (nSPS) is 9.64. The van der Waals surface area contributed by atoms with Crippen molar-refractivity contribution in [3.05, 3.63) is 29.3 Å². The first-order valence-electron chi connectivity index (χ1n) is 3.81. The van der Waals surface area contributed by atoms with E-state index < -0.39 is 17.7 Å². The number of methoxy groups -OCH3 is 1. The number of Topliss-reactive ketones (excluding diaryl/α,β-unsaturated/α-hetero) is 1. The minimum absolute atomic E-state index is 0.0230. The highest BCUT2D eigenvalue weighted by atomic mass is 19.1. The molecule has 0 aliphatic rings. The van der Waals surface area contributed by atoms with Crippen LogP contribution in [0.5, 0.6) is 0 Å².